The van der Waals surface area contributed by atoms with Crippen molar-refractivity contribution in [3.63, 3.8) is 0 Å². The quantitative estimate of drug-likeness (QED) is 0.598. The number of carboxylic acid groups (broad SMARTS) is 1. The standard InChI is InChI=1S/C22H32O3/c1-21(2,14-4-3-5-15(23)9-14)22-10-16(17(11-22)20(24)25)18-12-6-7-13(8-12)19(18)22/h6-7,12-19,23H,3-5,8-11H2,1-2H3,(H,24,25). The van der Waals surface area contributed by atoms with E-state index in [4.69, 9.17) is 0 Å². The molecule has 0 radical (unpaired) electrons. The molecule has 0 spiro atoms. The summed E-state index contributed by atoms with van der Waals surface area (Å²) in [6.07, 6.45) is 12.2. The Bertz CT molecular complexity index is 623. The molecular weight excluding hydrogens is 312 g/mol. The first-order valence-electron chi connectivity index (χ1n) is 10.4. The van der Waals surface area contributed by atoms with Crippen molar-refractivity contribution in [3.8, 4) is 0 Å². The molecule has 4 bridgehead atoms. The minimum Gasteiger partial charge on any atom is -0.481 e. The number of hydrogen-bond acceptors (Lipinski definition) is 2. The van der Waals surface area contributed by atoms with Gasteiger partial charge in [-0.25, -0.2) is 0 Å². The highest BCUT2D eigenvalue weighted by Gasteiger charge is 2.73. The summed E-state index contributed by atoms with van der Waals surface area (Å²) in [5.74, 6) is 2.84. The third kappa shape index (κ3) is 1.94. The van der Waals surface area contributed by atoms with Crippen molar-refractivity contribution in [2.75, 3.05) is 0 Å². The van der Waals surface area contributed by atoms with E-state index in [1.54, 1.807) is 0 Å². The van der Waals surface area contributed by atoms with Gasteiger partial charge < -0.3 is 10.2 Å². The third-order valence-corrected chi connectivity index (χ3v) is 9.62. The molecule has 0 heterocycles. The van der Waals surface area contributed by atoms with Gasteiger partial charge in [0.1, 0.15) is 0 Å². The second kappa shape index (κ2) is 5.12. The van der Waals surface area contributed by atoms with Crippen molar-refractivity contribution >= 4 is 5.97 Å². The molecule has 5 aliphatic carbocycles. The van der Waals surface area contributed by atoms with E-state index >= 15 is 0 Å². The number of hydrogen-bond donors (Lipinski definition) is 2. The van der Waals surface area contributed by atoms with Gasteiger partial charge in [-0.15, -0.1) is 0 Å². The zero-order valence-corrected chi connectivity index (χ0v) is 15.5. The molecule has 0 aromatic carbocycles. The minimum absolute atomic E-state index is 0.120. The van der Waals surface area contributed by atoms with Crippen LogP contribution in [0, 0.1) is 52.3 Å². The van der Waals surface area contributed by atoms with Crippen molar-refractivity contribution in [2.45, 2.75) is 64.9 Å². The summed E-state index contributed by atoms with van der Waals surface area (Å²) in [6, 6.07) is 0. The van der Waals surface area contributed by atoms with Gasteiger partial charge in [0.25, 0.3) is 0 Å². The molecule has 138 valence electrons. The van der Waals surface area contributed by atoms with Crippen molar-refractivity contribution < 1.29 is 15.0 Å². The van der Waals surface area contributed by atoms with Gasteiger partial charge in [-0.2, -0.15) is 0 Å². The summed E-state index contributed by atoms with van der Waals surface area (Å²) in [7, 11) is 0. The van der Waals surface area contributed by atoms with E-state index in [9.17, 15) is 15.0 Å². The Morgan fingerprint density at radius 3 is 2.60 bits per heavy atom. The van der Waals surface area contributed by atoms with Crippen molar-refractivity contribution in [1.29, 1.82) is 0 Å². The monoisotopic (exact) mass is 344 g/mol. The molecule has 9 atom stereocenters. The van der Waals surface area contributed by atoms with E-state index in [0.29, 0.717) is 35.5 Å². The van der Waals surface area contributed by atoms with Crippen LogP contribution in [0.4, 0.5) is 0 Å². The topological polar surface area (TPSA) is 57.5 Å². The number of carboxylic acids is 1. The molecule has 0 aromatic heterocycles. The molecule has 3 nitrogen and oxygen atoms in total. The maximum Gasteiger partial charge on any atom is 0.306 e. The van der Waals surface area contributed by atoms with Gasteiger partial charge >= 0.3 is 5.97 Å². The Labute approximate surface area is 150 Å². The van der Waals surface area contributed by atoms with Gasteiger partial charge in [-0.3, -0.25) is 4.79 Å². The second-order valence-corrected chi connectivity index (χ2v) is 10.5. The van der Waals surface area contributed by atoms with E-state index in [-0.39, 0.29) is 22.9 Å². The summed E-state index contributed by atoms with van der Waals surface area (Å²) in [6.45, 7) is 4.85. The number of carbonyl (C=O) groups is 1. The highest BCUT2D eigenvalue weighted by molar-refractivity contribution is 5.71. The zero-order chi connectivity index (χ0) is 17.6. The van der Waals surface area contributed by atoms with Gasteiger partial charge in [-0.1, -0.05) is 32.4 Å². The lowest BCUT2D eigenvalue weighted by molar-refractivity contribution is -0.148. The fourth-order valence-corrected chi connectivity index (χ4v) is 8.54. The normalized spacial score (nSPS) is 53.4. The Morgan fingerprint density at radius 1 is 1.12 bits per heavy atom. The fourth-order valence-electron chi connectivity index (χ4n) is 8.54. The number of aliphatic hydroxyl groups excluding tert-OH is 1. The third-order valence-electron chi connectivity index (χ3n) is 9.62. The molecule has 2 N–H and O–H groups in total. The van der Waals surface area contributed by atoms with Gasteiger partial charge in [0, 0.05) is 0 Å². The summed E-state index contributed by atoms with van der Waals surface area (Å²) in [5, 5.41) is 20.2. The van der Waals surface area contributed by atoms with E-state index in [2.05, 4.69) is 26.0 Å². The number of allylic oxidation sites excluding steroid dienone is 2. The lowest BCUT2D eigenvalue weighted by atomic mass is 9.49. The van der Waals surface area contributed by atoms with E-state index in [1.165, 1.54) is 12.8 Å². The summed E-state index contributed by atoms with van der Waals surface area (Å²) >= 11 is 0. The molecule has 5 rings (SSSR count). The van der Waals surface area contributed by atoms with E-state index < -0.39 is 5.97 Å². The zero-order valence-electron chi connectivity index (χ0n) is 15.5. The van der Waals surface area contributed by atoms with E-state index in [1.807, 2.05) is 0 Å². The first-order valence-corrected chi connectivity index (χ1v) is 10.4. The lowest BCUT2D eigenvalue weighted by Gasteiger charge is -2.55. The summed E-state index contributed by atoms with van der Waals surface area (Å²) < 4.78 is 0. The smallest absolute Gasteiger partial charge is 0.306 e. The largest absolute Gasteiger partial charge is 0.481 e. The molecule has 25 heavy (non-hydrogen) atoms. The molecule has 3 heteroatoms. The average Bonchev–Trinajstić information content (AvgIpc) is 3.32. The summed E-state index contributed by atoms with van der Waals surface area (Å²) in [5.41, 5.74) is 0.284. The maximum absolute atomic E-state index is 12.0. The predicted octanol–water partition coefficient (Wildman–Crippen LogP) is 4.11. The van der Waals surface area contributed by atoms with Crippen LogP contribution in [0.1, 0.15) is 58.8 Å². The van der Waals surface area contributed by atoms with Crippen LogP contribution in [0.5, 0.6) is 0 Å². The van der Waals surface area contributed by atoms with Crippen LogP contribution in [-0.2, 0) is 4.79 Å². The minimum atomic E-state index is -0.559. The molecule has 0 aromatic rings. The van der Waals surface area contributed by atoms with Crippen LogP contribution in [0.15, 0.2) is 12.2 Å². The Balaban J connectivity index is 1.56. The molecule has 0 amide bonds. The maximum atomic E-state index is 12.0. The molecule has 9 unspecified atom stereocenters. The Hall–Kier alpha value is -0.830. The molecule has 0 saturated heterocycles. The molecule has 5 aliphatic rings. The Morgan fingerprint density at radius 2 is 1.88 bits per heavy atom. The van der Waals surface area contributed by atoms with Crippen LogP contribution in [0.25, 0.3) is 0 Å². The summed E-state index contributed by atoms with van der Waals surface area (Å²) in [4.78, 5) is 12.0. The number of aliphatic hydroxyl groups is 1. The van der Waals surface area contributed by atoms with Gasteiger partial charge in [-0.05, 0) is 84.9 Å². The van der Waals surface area contributed by atoms with Crippen molar-refractivity contribution in [3.05, 3.63) is 12.2 Å². The first kappa shape index (κ1) is 16.4. The highest BCUT2D eigenvalue weighted by atomic mass is 16.4. The second-order valence-electron chi connectivity index (χ2n) is 10.5. The van der Waals surface area contributed by atoms with Crippen LogP contribution >= 0.6 is 0 Å². The van der Waals surface area contributed by atoms with Crippen LogP contribution in [-0.4, -0.2) is 22.3 Å². The number of rotatable bonds is 3. The van der Waals surface area contributed by atoms with Crippen LogP contribution in [0.2, 0.25) is 0 Å². The molecule has 4 saturated carbocycles. The highest BCUT2D eigenvalue weighted by Crippen LogP contribution is 2.78. The molecule has 0 aliphatic heterocycles. The number of fused-ring (bicyclic) bond motifs is 9. The van der Waals surface area contributed by atoms with Crippen LogP contribution < -0.4 is 0 Å². The van der Waals surface area contributed by atoms with Crippen LogP contribution in [0.3, 0.4) is 0 Å². The van der Waals surface area contributed by atoms with E-state index in [0.717, 1.165) is 32.1 Å². The number of aliphatic carboxylic acids is 1. The predicted molar refractivity (Wildman–Crippen MR) is 95.7 cm³/mol. The average molecular weight is 344 g/mol. The molecular formula is C22H32O3. The SMILES string of the molecule is CC(C)(C1CCCC(O)C1)C12CC(C(=O)O)C(C1)C1C3C=CC(C3)C12. The van der Waals surface area contributed by atoms with Gasteiger partial charge in [0.2, 0.25) is 0 Å². The van der Waals surface area contributed by atoms with Crippen molar-refractivity contribution in [2.24, 2.45) is 52.3 Å². The van der Waals surface area contributed by atoms with Gasteiger partial charge in [0.05, 0.1) is 12.0 Å². The fraction of sp³-hybridized carbons (Fsp3) is 0.864. The van der Waals surface area contributed by atoms with Gasteiger partial charge in [0.15, 0.2) is 0 Å². The van der Waals surface area contributed by atoms with Crippen molar-refractivity contribution in [1.82, 2.24) is 0 Å². The lowest BCUT2D eigenvalue weighted by Crippen LogP contribution is -2.50. The first-order chi connectivity index (χ1) is 11.8. The molecule has 4 fully saturated rings. The Kier molecular flexibility index (Phi) is 3.35.